The molecule has 0 amide bonds. The lowest BCUT2D eigenvalue weighted by Gasteiger charge is -2.09. The quantitative estimate of drug-likeness (QED) is 0.869. The third-order valence-corrected chi connectivity index (χ3v) is 2.35. The second-order valence-corrected chi connectivity index (χ2v) is 3.45. The van der Waals surface area contributed by atoms with Crippen molar-refractivity contribution in [3.63, 3.8) is 0 Å². The van der Waals surface area contributed by atoms with Crippen LogP contribution in [-0.2, 0) is 0 Å². The van der Waals surface area contributed by atoms with Gasteiger partial charge in [-0.25, -0.2) is 14.4 Å². The highest BCUT2D eigenvalue weighted by molar-refractivity contribution is 5.70. The van der Waals surface area contributed by atoms with Gasteiger partial charge >= 0.3 is 0 Å². The topological polar surface area (TPSA) is 84.8 Å². The molecule has 90 valence electrons. The maximum atomic E-state index is 13.7. The van der Waals surface area contributed by atoms with Crippen molar-refractivity contribution in [2.24, 2.45) is 0 Å². The van der Waals surface area contributed by atoms with E-state index >= 15 is 0 Å². The van der Waals surface area contributed by atoms with Crippen LogP contribution in [0.5, 0.6) is 5.75 Å². The highest BCUT2D eigenvalue weighted by Gasteiger charge is 2.14. The molecule has 0 radical (unpaired) electrons. The van der Waals surface area contributed by atoms with Crippen LogP contribution in [0.3, 0.4) is 0 Å². The first-order valence-electron chi connectivity index (χ1n) is 5.02. The smallest absolute Gasteiger partial charge is 0.220 e. The van der Waals surface area contributed by atoms with Crippen molar-refractivity contribution in [1.29, 1.82) is 5.26 Å². The number of anilines is 1. The summed E-state index contributed by atoms with van der Waals surface area (Å²) in [6.45, 7) is 0. The van der Waals surface area contributed by atoms with Crippen molar-refractivity contribution in [3.05, 3.63) is 35.8 Å². The van der Waals surface area contributed by atoms with E-state index in [0.29, 0.717) is 16.9 Å². The Morgan fingerprint density at radius 3 is 2.89 bits per heavy atom. The Bertz CT molecular complexity index is 636. The van der Waals surface area contributed by atoms with Crippen LogP contribution in [0.25, 0.3) is 11.3 Å². The molecule has 0 atom stereocenters. The zero-order valence-corrected chi connectivity index (χ0v) is 9.51. The number of halogens is 1. The predicted molar refractivity (Wildman–Crippen MR) is 63.1 cm³/mol. The number of hydrogen-bond acceptors (Lipinski definition) is 5. The Labute approximate surface area is 103 Å². The van der Waals surface area contributed by atoms with Gasteiger partial charge in [-0.15, -0.1) is 0 Å². The number of methoxy groups -OCH3 is 1. The fraction of sp³-hybridized carbons (Fsp3) is 0.0833. The largest absolute Gasteiger partial charge is 0.496 e. The van der Waals surface area contributed by atoms with Crippen molar-refractivity contribution in [1.82, 2.24) is 9.97 Å². The average molecular weight is 244 g/mol. The minimum Gasteiger partial charge on any atom is -0.496 e. The molecule has 6 heteroatoms. The molecule has 0 aliphatic heterocycles. The molecule has 0 aliphatic rings. The molecule has 2 N–H and O–H groups in total. The number of rotatable bonds is 2. The van der Waals surface area contributed by atoms with Crippen molar-refractivity contribution in [2.75, 3.05) is 12.8 Å². The number of ether oxygens (including phenoxy) is 1. The van der Waals surface area contributed by atoms with Gasteiger partial charge in [0.2, 0.25) is 5.95 Å². The third-order valence-electron chi connectivity index (χ3n) is 2.35. The summed E-state index contributed by atoms with van der Waals surface area (Å²) in [5.41, 5.74) is 6.18. The van der Waals surface area contributed by atoms with E-state index in [1.807, 2.05) is 6.07 Å². The lowest BCUT2D eigenvalue weighted by atomic mass is 10.1. The molecule has 5 nitrogen and oxygen atoms in total. The molecule has 0 aliphatic carbocycles. The summed E-state index contributed by atoms with van der Waals surface area (Å²) in [7, 11) is 1.45. The standard InChI is InChI=1S/C12H9FN4O/c1-18-10-3-2-7(5-14)4-8(10)11-9(13)6-16-12(15)17-11/h2-4,6H,1H3,(H2,15,16,17). The van der Waals surface area contributed by atoms with Crippen molar-refractivity contribution in [3.8, 4) is 23.1 Å². The fourth-order valence-electron chi connectivity index (χ4n) is 1.53. The number of aromatic nitrogens is 2. The summed E-state index contributed by atoms with van der Waals surface area (Å²) >= 11 is 0. The highest BCUT2D eigenvalue weighted by Crippen LogP contribution is 2.31. The van der Waals surface area contributed by atoms with Gasteiger partial charge in [0.15, 0.2) is 5.82 Å². The van der Waals surface area contributed by atoms with Crippen LogP contribution in [0.15, 0.2) is 24.4 Å². The van der Waals surface area contributed by atoms with Gasteiger partial charge < -0.3 is 10.5 Å². The zero-order chi connectivity index (χ0) is 13.1. The Morgan fingerprint density at radius 2 is 2.22 bits per heavy atom. The Balaban J connectivity index is 2.69. The zero-order valence-electron chi connectivity index (χ0n) is 9.51. The van der Waals surface area contributed by atoms with E-state index in [9.17, 15) is 4.39 Å². The van der Waals surface area contributed by atoms with Gasteiger partial charge in [-0.05, 0) is 18.2 Å². The first kappa shape index (κ1) is 11.8. The Hall–Kier alpha value is -2.68. The van der Waals surface area contributed by atoms with Gasteiger partial charge in [0.1, 0.15) is 11.4 Å². The van der Waals surface area contributed by atoms with E-state index in [1.54, 1.807) is 12.1 Å². The lowest BCUT2D eigenvalue weighted by Crippen LogP contribution is -2.00. The summed E-state index contributed by atoms with van der Waals surface area (Å²) < 4.78 is 18.8. The van der Waals surface area contributed by atoms with Gasteiger partial charge in [-0.2, -0.15) is 5.26 Å². The number of nitrogens with zero attached hydrogens (tertiary/aromatic N) is 3. The first-order valence-corrected chi connectivity index (χ1v) is 5.02. The maximum absolute atomic E-state index is 13.7. The number of nitrogens with two attached hydrogens (primary N) is 1. The molecule has 1 heterocycles. The molecule has 18 heavy (non-hydrogen) atoms. The summed E-state index contributed by atoms with van der Waals surface area (Å²) in [5, 5.41) is 8.85. The molecule has 0 unspecified atom stereocenters. The van der Waals surface area contributed by atoms with E-state index in [2.05, 4.69) is 9.97 Å². The molecule has 2 rings (SSSR count). The normalized spacial score (nSPS) is 9.83. The molecule has 0 saturated heterocycles. The van der Waals surface area contributed by atoms with Crippen LogP contribution in [0.2, 0.25) is 0 Å². The van der Waals surface area contributed by atoms with Crippen LogP contribution in [0.1, 0.15) is 5.56 Å². The predicted octanol–water partition coefficient (Wildman–Crippen LogP) is 1.75. The van der Waals surface area contributed by atoms with Crippen LogP contribution in [-0.4, -0.2) is 17.1 Å². The van der Waals surface area contributed by atoms with Crippen molar-refractivity contribution >= 4 is 5.95 Å². The van der Waals surface area contributed by atoms with Crippen LogP contribution in [0, 0.1) is 17.1 Å². The number of benzene rings is 1. The monoisotopic (exact) mass is 244 g/mol. The SMILES string of the molecule is COc1ccc(C#N)cc1-c1nc(N)ncc1F. The summed E-state index contributed by atoms with van der Waals surface area (Å²) in [4.78, 5) is 7.38. The molecule has 2 aromatic rings. The summed E-state index contributed by atoms with van der Waals surface area (Å²) in [6.07, 6.45) is 0.982. The van der Waals surface area contributed by atoms with Crippen LogP contribution < -0.4 is 10.5 Å². The lowest BCUT2D eigenvalue weighted by molar-refractivity contribution is 0.416. The van der Waals surface area contributed by atoms with Crippen LogP contribution in [0.4, 0.5) is 10.3 Å². The maximum Gasteiger partial charge on any atom is 0.220 e. The van der Waals surface area contributed by atoms with Crippen LogP contribution >= 0.6 is 0 Å². The summed E-state index contributed by atoms with van der Waals surface area (Å²) in [5.74, 6) is -0.264. The Kier molecular flexibility index (Phi) is 3.06. The average Bonchev–Trinajstić information content (AvgIpc) is 2.40. The molecular formula is C12H9FN4O. The van der Waals surface area contributed by atoms with E-state index < -0.39 is 5.82 Å². The second kappa shape index (κ2) is 4.67. The molecule has 0 fully saturated rings. The van der Waals surface area contributed by atoms with Crippen molar-refractivity contribution in [2.45, 2.75) is 0 Å². The fourth-order valence-corrected chi connectivity index (χ4v) is 1.53. The van der Waals surface area contributed by atoms with Gasteiger partial charge in [-0.1, -0.05) is 0 Å². The minimum absolute atomic E-state index is 0.0106. The number of nitriles is 1. The molecule has 0 saturated carbocycles. The van der Waals surface area contributed by atoms with E-state index in [0.717, 1.165) is 6.20 Å². The van der Waals surface area contributed by atoms with Gasteiger partial charge in [0.25, 0.3) is 0 Å². The van der Waals surface area contributed by atoms with E-state index in [4.69, 9.17) is 15.7 Å². The molecule has 0 bridgehead atoms. The van der Waals surface area contributed by atoms with Gasteiger partial charge in [0, 0.05) is 5.56 Å². The highest BCUT2D eigenvalue weighted by atomic mass is 19.1. The van der Waals surface area contributed by atoms with Gasteiger partial charge in [0.05, 0.1) is 24.9 Å². The molecular weight excluding hydrogens is 235 g/mol. The van der Waals surface area contributed by atoms with Crippen molar-refractivity contribution < 1.29 is 9.13 Å². The van der Waals surface area contributed by atoms with E-state index in [1.165, 1.54) is 13.2 Å². The number of nitrogen functional groups attached to an aromatic ring is 1. The first-order chi connectivity index (χ1) is 8.65. The third kappa shape index (κ3) is 2.06. The molecule has 0 spiro atoms. The second-order valence-electron chi connectivity index (χ2n) is 3.45. The molecule has 1 aromatic heterocycles. The molecule has 1 aromatic carbocycles. The van der Waals surface area contributed by atoms with E-state index in [-0.39, 0.29) is 11.6 Å². The van der Waals surface area contributed by atoms with Gasteiger partial charge in [-0.3, -0.25) is 0 Å². The minimum atomic E-state index is -0.627. The Morgan fingerprint density at radius 1 is 1.44 bits per heavy atom. The summed E-state index contributed by atoms with van der Waals surface area (Å²) in [6, 6.07) is 6.61. The number of hydrogen-bond donors (Lipinski definition) is 1.